The van der Waals surface area contributed by atoms with Crippen LogP contribution >= 0.6 is 0 Å². The molecule has 20 heavy (non-hydrogen) atoms. The zero-order valence-electron chi connectivity index (χ0n) is 16.1. The zero-order chi connectivity index (χ0) is 16.5. The van der Waals surface area contributed by atoms with Crippen molar-refractivity contribution in [3.05, 3.63) is 24.3 Å². The van der Waals surface area contributed by atoms with Crippen molar-refractivity contribution in [3.63, 3.8) is 0 Å². The summed E-state index contributed by atoms with van der Waals surface area (Å²) >= 11 is 0. The van der Waals surface area contributed by atoms with Crippen LogP contribution in [0.25, 0.3) is 0 Å². The van der Waals surface area contributed by atoms with Crippen LogP contribution in [0.2, 0.25) is 0 Å². The molecule has 0 aromatic rings. The Morgan fingerprint density at radius 3 is 1.35 bits per heavy atom. The number of allylic oxidation sites excluding steroid dienone is 4. The molecule has 0 bridgehead atoms. The molecule has 0 radical (unpaired) electrons. The van der Waals surface area contributed by atoms with E-state index in [9.17, 15) is 0 Å². The van der Waals surface area contributed by atoms with Gasteiger partial charge >= 0.3 is 0 Å². The maximum Gasteiger partial charge on any atom is 0.0573 e. The first-order valence-electron chi connectivity index (χ1n) is 10.0. The molecule has 0 aromatic carbocycles. The second-order valence-electron chi connectivity index (χ2n) is 5.72. The Labute approximate surface area is 131 Å². The average molecular weight is 281 g/mol. The predicted octanol–water partition coefficient (Wildman–Crippen LogP) is 7.60. The fourth-order valence-corrected chi connectivity index (χ4v) is 2.25. The van der Waals surface area contributed by atoms with Crippen molar-refractivity contribution >= 4 is 0 Å². The van der Waals surface area contributed by atoms with E-state index < -0.39 is 0 Å². The quantitative estimate of drug-likeness (QED) is 0.214. The summed E-state index contributed by atoms with van der Waals surface area (Å²) in [6.45, 7) is 4.47. The van der Waals surface area contributed by atoms with Crippen LogP contribution in [0.5, 0.6) is 0 Å². The molecule has 0 fully saturated rings. The average Bonchev–Trinajstić information content (AvgIpc) is 2.52. The van der Waals surface area contributed by atoms with Gasteiger partial charge in [0.2, 0.25) is 0 Å². The second-order valence-corrected chi connectivity index (χ2v) is 5.72. The molecule has 0 aliphatic heterocycles. The van der Waals surface area contributed by atoms with Crippen molar-refractivity contribution in [3.8, 4) is 0 Å². The highest BCUT2D eigenvalue weighted by atomic mass is 13.9. The van der Waals surface area contributed by atoms with Crippen LogP contribution in [-0.4, -0.2) is 0 Å². The van der Waals surface area contributed by atoms with Gasteiger partial charge in [0.1, 0.15) is 0 Å². The van der Waals surface area contributed by atoms with Gasteiger partial charge in [0.05, 0.1) is 2.74 Å². The van der Waals surface area contributed by atoms with E-state index in [-0.39, 0.29) is 0 Å². The Bertz CT molecular complexity index is 262. The first-order chi connectivity index (χ1) is 10.7. The van der Waals surface area contributed by atoms with E-state index >= 15 is 0 Å². The lowest BCUT2D eigenvalue weighted by Gasteiger charge is -1.96. The Hall–Kier alpha value is -0.520. The van der Waals surface area contributed by atoms with Gasteiger partial charge in [0, 0.05) is 0 Å². The van der Waals surface area contributed by atoms with E-state index in [2.05, 4.69) is 26.0 Å². The largest absolute Gasteiger partial charge is 0.0885 e. The van der Waals surface area contributed by atoms with E-state index in [0.717, 1.165) is 37.8 Å². The van der Waals surface area contributed by atoms with Crippen LogP contribution in [0.15, 0.2) is 24.3 Å². The van der Waals surface area contributed by atoms with E-state index in [0.29, 0.717) is 0 Å². The van der Waals surface area contributed by atoms with Crippen molar-refractivity contribution in [1.82, 2.24) is 0 Å². The van der Waals surface area contributed by atoms with Crippen LogP contribution in [-0.2, 0) is 0 Å². The van der Waals surface area contributed by atoms with Crippen molar-refractivity contribution in [2.75, 3.05) is 0 Å². The maximum atomic E-state index is 7.92. The summed E-state index contributed by atoms with van der Waals surface area (Å²) in [5, 5.41) is 0. The van der Waals surface area contributed by atoms with Crippen LogP contribution in [0.4, 0.5) is 0 Å². The molecule has 0 aromatic heterocycles. The molecule has 118 valence electrons. The Balaban J connectivity index is 3.59. The lowest BCUT2D eigenvalue weighted by atomic mass is 10.1. The molecule has 0 nitrogen and oxygen atoms in total. The SMILES string of the molecule is [2H]/C(=C/CCCCCCC)CC/C([2H])=C\CCCCCCC. The molecule has 0 atom stereocenters. The highest BCUT2D eigenvalue weighted by Crippen LogP contribution is 2.07. The van der Waals surface area contributed by atoms with Gasteiger partial charge in [-0.1, -0.05) is 89.5 Å². The van der Waals surface area contributed by atoms with Gasteiger partial charge in [0.15, 0.2) is 0 Å². The number of rotatable bonds is 15. The maximum absolute atomic E-state index is 7.92. The third-order valence-electron chi connectivity index (χ3n) is 3.61. The summed E-state index contributed by atoms with van der Waals surface area (Å²) in [5.41, 5.74) is 0. The molecule has 0 heterocycles. The van der Waals surface area contributed by atoms with E-state index in [1.807, 2.05) is 0 Å². The standard InChI is InChI=1S/C20H38/c1-3-5-7-9-11-13-15-17-19-20-18-16-14-12-10-8-6-4-2/h15-18H,3-14,19-20H2,1-2H3/b17-15-,18-16-/i17D,18D. The molecule has 0 saturated carbocycles. The molecule has 0 saturated heterocycles. The van der Waals surface area contributed by atoms with Gasteiger partial charge in [-0.2, -0.15) is 0 Å². The first kappa shape index (κ1) is 15.9. The minimum Gasteiger partial charge on any atom is -0.0885 e. The minimum absolute atomic E-state index is 0.719. The molecular formula is C20H38. The van der Waals surface area contributed by atoms with Gasteiger partial charge < -0.3 is 0 Å². The van der Waals surface area contributed by atoms with Gasteiger partial charge in [0.25, 0.3) is 0 Å². The highest BCUT2D eigenvalue weighted by Gasteiger charge is 1.87. The fraction of sp³-hybridized carbons (Fsp3) is 0.800. The molecule has 0 amide bonds. The fourth-order valence-electron chi connectivity index (χ4n) is 2.25. The summed E-state index contributed by atoms with van der Waals surface area (Å²) in [6, 6.07) is 1.44. The van der Waals surface area contributed by atoms with Crippen molar-refractivity contribution < 1.29 is 2.74 Å². The number of hydrogen-bond acceptors (Lipinski definition) is 0. The lowest BCUT2D eigenvalue weighted by molar-refractivity contribution is 0.636. The molecule has 0 spiro atoms. The van der Waals surface area contributed by atoms with Crippen molar-refractivity contribution in [1.29, 1.82) is 0 Å². The predicted molar refractivity (Wildman–Crippen MR) is 94.3 cm³/mol. The Kier molecular flexibility index (Phi) is 14.7. The summed E-state index contributed by atoms with van der Waals surface area (Å²) in [4.78, 5) is 0. The summed E-state index contributed by atoms with van der Waals surface area (Å²) in [7, 11) is 0. The lowest BCUT2D eigenvalue weighted by Crippen LogP contribution is -1.76. The summed E-state index contributed by atoms with van der Waals surface area (Å²) in [6.07, 6.45) is 20.6. The molecule has 0 aliphatic carbocycles. The van der Waals surface area contributed by atoms with Crippen LogP contribution in [0.3, 0.4) is 0 Å². The molecule has 0 unspecified atom stereocenters. The van der Waals surface area contributed by atoms with Crippen molar-refractivity contribution in [2.24, 2.45) is 0 Å². The smallest absolute Gasteiger partial charge is 0.0573 e. The Morgan fingerprint density at radius 2 is 0.950 bits per heavy atom. The van der Waals surface area contributed by atoms with Gasteiger partial charge in [-0.15, -0.1) is 0 Å². The van der Waals surface area contributed by atoms with E-state index in [1.54, 1.807) is 0 Å². The first-order valence-corrected chi connectivity index (χ1v) is 9.02. The summed E-state index contributed by atoms with van der Waals surface area (Å²) in [5.74, 6) is 0. The second kappa shape index (κ2) is 18.5. The molecule has 0 heteroatoms. The summed E-state index contributed by atoms with van der Waals surface area (Å²) < 4.78 is 15.8. The van der Waals surface area contributed by atoms with E-state index in [1.165, 1.54) is 64.2 Å². The van der Waals surface area contributed by atoms with Crippen molar-refractivity contribution in [2.45, 2.75) is 104 Å². The molecule has 0 rings (SSSR count). The Morgan fingerprint density at radius 1 is 0.550 bits per heavy atom. The zero-order valence-corrected chi connectivity index (χ0v) is 14.1. The molecule has 0 aliphatic rings. The molecular weight excluding hydrogens is 240 g/mol. The molecule has 0 N–H and O–H groups in total. The number of hydrogen-bond donors (Lipinski definition) is 0. The van der Waals surface area contributed by atoms with Crippen LogP contribution in [0, 0.1) is 0 Å². The normalized spacial score (nSPS) is 14.3. The van der Waals surface area contributed by atoms with E-state index in [4.69, 9.17) is 2.74 Å². The van der Waals surface area contributed by atoms with Crippen LogP contribution in [0.1, 0.15) is 106 Å². The topological polar surface area (TPSA) is 0 Å². The number of unbranched alkanes of at least 4 members (excludes halogenated alkanes) is 10. The van der Waals surface area contributed by atoms with Gasteiger partial charge in [-0.05, 0) is 38.5 Å². The highest BCUT2D eigenvalue weighted by molar-refractivity contribution is 4.88. The van der Waals surface area contributed by atoms with Gasteiger partial charge in [-0.25, -0.2) is 0 Å². The monoisotopic (exact) mass is 280 g/mol. The third kappa shape index (κ3) is 17.5. The van der Waals surface area contributed by atoms with Gasteiger partial charge in [-0.3, -0.25) is 0 Å². The minimum atomic E-state index is 0.719. The van der Waals surface area contributed by atoms with Crippen LogP contribution < -0.4 is 0 Å². The third-order valence-corrected chi connectivity index (χ3v) is 3.61.